The fraction of sp³-hybridized carbons (Fsp3) is 0.318. The topological polar surface area (TPSA) is 55.5 Å². The molecule has 0 bridgehead atoms. The first-order chi connectivity index (χ1) is 13.1. The lowest BCUT2D eigenvalue weighted by molar-refractivity contribution is 0.0364. The number of hydrogen-bond donors (Lipinski definition) is 1. The van der Waals surface area contributed by atoms with Crippen LogP contribution in [0.25, 0.3) is 22.6 Å². The minimum atomic E-state index is -0.555. The minimum absolute atomic E-state index is 0.322. The monoisotopic (exact) mass is 383 g/mol. The maximum atomic E-state index is 10.1. The lowest BCUT2D eigenvalue weighted by Gasteiger charge is -2.11. The van der Waals surface area contributed by atoms with E-state index in [-0.39, 0.29) is 0 Å². The van der Waals surface area contributed by atoms with Crippen molar-refractivity contribution in [1.29, 1.82) is 0 Å². The van der Waals surface area contributed by atoms with E-state index < -0.39 is 6.10 Å². The summed E-state index contributed by atoms with van der Waals surface area (Å²) in [7, 11) is 0. The van der Waals surface area contributed by atoms with Gasteiger partial charge in [0.15, 0.2) is 5.76 Å². The maximum Gasteiger partial charge on any atom is 0.256 e. The second-order valence-electron chi connectivity index (χ2n) is 6.79. The highest BCUT2D eigenvalue weighted by atomic mass is 32.2. The van der Waals surface area contributed by atoms with Crippen LogP contribution in [0.2, 0.25) is 0 Å². The molecule has 0 amide bonds. The van der Waals surface area contributed by atoms with Crippen molar-refractivity contribution in [2.24, 2.45) is 5.92 Å². The molecule has 0 aliphatic carbocycles. The summed E-state index contributed by atoms with van der Waals surface area (Å²) in [6, 6.07) is 20.0. The molecule has 0 aliphatic heterocycles. The zero-order chi connectivity index (χ0) is 19.1. The van der Waals surface area contributed by atoms with Crippen molar-refractivity contribution in [3.05, 3.63) is 60.7 Å². The number of ether oxygens (including phenoxy) is 1. The van der Waals surface area contributed by atoms with Crippen molar-refractivity contribution in [3.8, 4) is 22.6 Å². The van der Waals surface area contributed by atoms with Gasteiger partial charge in [0.25, 0.3) is 5.22 Å². The third kappa shape index (κ3) is 5.70. The Bertz CT molecular complexity index is 761. The van der Waals surface area contributed by atoms with Crippen LogP contribution in [-0.2, 0) is 4.74 Å². The maximum absolute atomic E-state index is 10.1. The van der Waals surface area contributed by atoms with Gasteiger partial charge in [0.05, 0.1) is 12.7 Å². The molecule has 0 saturated heterocycles. The van der Waals surface area contributed by atoms with Gasteiger partial charge in [0, 0.05) is 23.5 Å². The first-order valence-corrected chi connectivity index (χ1v) is 10.1. The second kappa shape index (κ2) is 9.74. The van der Waals surface area contributed by atoms with Crippen molar-refractivity contribution < 1.29 is 14.3 Å². The van der Waals surface area contributed by atoms with Crippen molar-refractivity contribution in [1.82, 2.24) is 4.98 Å². The van der Waals surface area contributed by atoms with Gasteiger partial charge >= 0.3 is 0 Å². The molecule has 1 heterocycles. The SMILES string of the molecule is CC(C)COCC(O)CSc1nc(-c2ccccc2)c(-c2ccccc2)o1. The highest BCUT2D eigenvalue weighted by molar-refractivity contribution is 7.99. The number of hydrogen-bond acceptors (Lipinski definition) is 5. The average molecular weight is 384 g/mol. The Labute approximate surface area is 164 Å². The quantitative estimate of drug-likeness (QED) is 0.519. The van der Waals surface area contributed by atoms with Crippen molar-refractivity contribution in [2.75, 3.05) is 19.0 Å². The van der Waals surface area contributed by atoms with Crippen LogP contribution in [0.1, 0.15) is 13.8 Å². The Hall–Kier alpha value is -2.08. The normalized spacial score (nSPS) is 12.4. The predicted octanol–water partition coefficient (Wildman–Crippen LogP) is 5.13. The molecule has 0 radical (unpaired) electrons. The molecule has 4 nitrogen and oxygen atoms in total. The van der Waals surface area contributed by atoms with Crippen LogP contribution in [0.15, 0.2) is 70.3 Å². The van der Waals surface area contributed by atoms with Crippen LogP contribution in [0, 0.1) is 5.92 Å². The Morgan fingerprint density at radius 3 is 2.22 bits per heavy atom. The number of oxazole rings is 1. The van der Waals surface area contributed by atoms with E-state index in [1.54, 1.807) is 0 Å². The average Bonchev–Trinajstić information content (AvgIpc) is 3.12. The van der Waals surface area contributed by atoms with E-state index in [9.17, 15) is 5.11 Å². The van der Waals surface area contributed by atoms with E-state index in [2.05, 4.69) is 18.8 Å². The molecule has 0 saturated carbocycles. The van der Waals surface area contributed by atoms with Gasteiger partial charge in [-0.05, 0) is 5.92 Å². The van der Waals surface area contributed by atoms with Gasteiger partial charge in [-0.25, -0.2) is 4.98 Å². The largest absolute Gasteiger partial charge is 0.431 e. The summed E-state index contributed by atoms with van der Waals surface area (Å²) in [6.07, 6.45) is -0.555. The summed E-state index contributed by atoms with van der Waals surface area (Å²) >= 11 is 1.40. The Morgan fingerprint density at radius 1 is 0.963 bits per heavy atom. The molecule has 1 unspecified atom stereocenters. The molecule has 0 spiro atoms. The van der Waals surface area contributed by atoms with Gasteiger partial charge in [-0.3, -0.25) is 0 Å². The Balaban J connectivity index is 1.74. The highest BCUT2D eigenvalue weighted by Gasteiger charge is 2.18. The summed E-state index contributed by atoms with van der Waals surface area (Å²) in [5, 5.41) is 10.7. The minimum Gasteiger partial charge on any atom is -0.431 e. The van der Waals surface area contributed by atoms with Crippen molar-refractivity contribution in [3.63, 3.8) is 0 Å². The number of aliphatic hydroxyl groups excluding tert-OH is 1. The van der Waals surface area contributed by atoms with Crippen LogP contribution in [-0.4, -0.2) is 35.2 Å². The molecule has 142 valence electrons. The first kappa shape index (κ1) is 19.7. The predicted molar refractivity (Wildman–Crippen MR) is 110 cm³/mol. The van der Waals surface area contributed by atoms with Crippen LogP contribution in [0.5, 0.6) is 0 Å². The number of nitrogens with zero attached hydrogens (tertiary/aromatic N) is 1. The molecular weight excluding hydrogens is 358 g/mol. The smallest absolute Gasteiger partial charge is 0.256 e. The van der Waals surface area contributed by atoms with Gasteiger partial charge in [-0.1, -0.05) is 86.3 Å². The number of rotatable bonds is 9. The third-order valence-electron chi connectivity index (χ3n) is 3.85. The second-order valence-corrected chi connectivity index (χ2v) is 7.76. The number of benzene rings is 2. The van der Waals surface area contributed by atoms with Crippen LogP contribution in [0.4, 0.5) is 0 Å². The van der Waals surface area contributed by atoms with Crippen molar-refractivity contribution in [2.45, 2.75) is 25.2 Å². The Kier molecular flexibility index (Phi) is 7.10. The molecular formula is C22H25NO3S. The lowest BCUT2D eigenvalue weighted by atomic mass is 10.1. The molecule has 3 aromatic rings. The number of aromatic nitrogens is 1. The van der Waals surface area contributed by atoms with E-state index in [4.69, 9.17) is 9.15 Å². The molecule has 0 fully saturated rings. The summed E-state index contributed by atoms with van der Waals surface area (Å²) in [4.78, 5) is 4.68. The van der Waals surface area contributed by atoms with E-state index in [1.807, 2.05) is 60.7 Å². The summed E-state index contributed by atoms with van der Waals surface area (Å²) in [6.45, 7) is 5.15. The van der Waals surface area contributed by atoms with Gasteiger partial charge in [-0.15, -0.1) is 0 Å². The molecule has 1 atom stereocenters. The summed E-state index contributed by atoms with van der Waals surface area (Å²) < 4.78 is 11.5. The molecule has 27 heavy (non-hydrogen) atoms. The number of thioether (sulfide) groups is 1. The highest BCUT2D eigenvalue weighted by Crippen LogP contribution is 2.35. The molecule has 3 rings (SSSR count). The fourth-order valence-electron chi connectivity index (χ4n) is 2.59. The van der Waals surface area contributed by atoms with E-state index in [0.29, 0.717) is 30.1 Å². The molecule has 0 aliphatic rings. The van der Waals surface area contributed by atoms with Crippen LogP contribution < -0.4 is 0 Å². The molecule has 1 aromatic heterocycles. The van der Waals surface area contributed by atoms with Gasteiger partial charge in [0.1, 0.15) is 5.69 Å². The zero-order valence-electron chi connectivity index (χ0n) is 15.7. The first-order valence-electron chi connectivity index (χ1n) is 9.13. The van der Waals surface area contributed by atoms with Gasteiger partial charge in [0.2, 0.25) is 0 Å². The number of aliphatic hydroxyl groups is 1. The molecule has 2 aromatic carbocycles. The molecule has 5 heteroatoms. The summed E-state index contributed by atoms with van der Waals surface area (Å²) in [5.41, 5.74) is 2.80. The Morgan fingerprint density at radius 2 is 1.59 bits per heavy atom. The van der Waals surface area contributed by atoms with Gasteiger partial charge in [-0.2, -0.15) is 0 Å². The van der Waals surface area contributed by atoms with E-state index in [0.717, 1.165) is 22.6 Å². The van der Waals surface area contributed by atoms with Crippen LogP contribution in [0.3, 0.4) is 0 Å². The van der Waals surface area contributed by atoms with Crippen molar-refractivity contribution >= 4 is 11.8 Å². The lowest BCUT2D eigenvalue weighted by Crippen LogP contribution is -2.19. The van der Waals surface area contributed by atoms with Crippen LogP contribution >= 0.6 is 11.8 Å². The standard InChI is InChI=1S/C22H25NO3S/c1-16(2)13-25-14-19(24)15-27-22-23-20(17-9-5-3-6-10-17)21(26-22)18-11-7-4-8-12-18/h3-12,16,19,24H,13-15H2,1-2H3. The van der Waals surface area contributed by atoms with E-state index in [1.165, 1.54) is 11.8 Å². The van der Waals surface area contributed by atoms with Gasteiger partial charge < -0.3 is 14.3 Å². The molecule has 1 N–H and O–H groups in total. The van der Waals surface area contributed by atoms with E-state index >= 15 is 0 Å². The summed E-state index contributed by atoms with van der Waals surface area (Å²) in [5.74, 6) is 1.68. The third-order valence-corrected chi connectivity index (χ3v) is 4.82. The zero-order valence-corrected chi connectivity index (χ0v) is 16.5. The fourth-order valence-corrected chi connectivity index (χ4v) is 3.32.